The smallest absolute Gasteiger partial charge is 0.161 e. The van der Waals surface area contributed by atoms with E-state index in [9.17, 15) is 0 Å². The number of hydrogen-bond acceptors (Lipinski definition) is 3. The van der Waals surface area contributed by atoms with Crippen LogP contribution in [0.25, 0.3) is 0 Å². The molecule has 0 radical (unpaired) electrons. The first-order valence-corrected chi connectivity index (χ1v) is 7.10. The maximum absolute atomic E-state index is 5.34. The van der Waals surface area contributed by atoms with Crippen molar-refractivity contribution in [2.75, 3.05) is 14.2 Å². The Hall–Kier alpha value is -1.22. The number of benzene rings is 1. The highest BCUT2D eigenvalue weighted by Gasteiger charge is 2.12. The van der Waals surface area contributed by atoms with E-state index in [0.717, 1.165) is 11.5 Å². The first-order valence-electron chi connectivity index (χ1n) is 7.10. The van der Waals surface area contributed by atoms with Crippen molar-refractivity contribution < 1.29 is 9.47 Å². The van der Waals surface area contributed by atoms with Crippen LogP contribution in [0.3, 0.4) is 0 Å². The van der Waals surface area contributed by atoms with Crippen LogP contribution in [0.15, 0.2) is 18.2 Å². The van der Waals surface area contributed by atoms with Crippen LogP contribution in [0.5, 0.6) is 11.5 Å². The van der Waals surface area contributed by atoms with Crippen molar-refractivity contribution in [3.05, 3.63) is 23.8 Å². The van der Waals surface area contributed by atoms with E-state index in [2.05, 4.69) is 32.2 Å². The maximum atomic E-state index is 5.34. The number of hydrogen-bond donors (Lipinski definition) is 1. The van der Waals surface area contributed by atoms with Gasteiger partial charge in [0, 0.05) is 12.1 Å². The quantitative estimate of drug-likeness (QED) is 0.772. The monoisotopic (exact) mass is 265 g/mol. The van der Waals surface area contributed by atoms with E-state index in [4.69, 9.17) is 9.47 Å². The molecule has 1 rings (SSSR count). The Morgan fingerprint density at radius 1 is 1.11 bits per heavy atom. The van der Waals surface area contributed by atoms with E-state index in [1.54, 1.807) is 14.2 Å². The summed E-state index contributed by atoms with van der Waals surface area (Å²) in [5.41, 5.74) is 1.22. The minimum atomic E-state index is 0.312. The molecular formula is C16H27NO2. The molecule has 0 aliphatic carbocycles. The lowest BCUT2D eigenvalue weighted by atomic mass is 10.1. The molecule has 0 bridgehead atoms. The molecule has 1 aromatic rings. The first-order chi connectivity index (χ1) is 9.12. The largest absolute Gasteiger partial charge is 0.493 e. The van der Waals surface area contributed by atoms with Crippen molar-refractivity contribution in [2.45, 2.75) is 52.1 Å². The van der Waals surface area contributed by atoms with Crippen LogP contribution in [0.4, 0.5) is 0 Å². The molecule has 3 heteroatoms. The van der Waals surface area contributed by atoms with Gasteiger partial charge in [0.05, 0.1) is 14.2 Å². The van der Waals surface area contributed by atoms with Gasteiger partial charge in [0.2, 0.25) is 0 Å². The lowest BCUT2D eigenvalue weighted by Crippen LogP contribution is -2.28. The fourth-order valence-corrected chi connectivity index (χ4v) is 2.24. The van der Waals surface area contributed by atoms with E-state index in [1.165, 1.54) is 24.8 Å². The SMILES string of the molecule is CCCCC(C)NC(C)c1ccc(OC)c(OC)c1. The summed E-state index contributed by atoms with van der Waals surface area (Å²) in [6.45, 7) is 6.65. The highest BCUT2D eigenvalue weighted by molar-refractivity contribution is 5.43. The summed E-state index contributed by atoms with van der Waals surface area (Å²) in [6.07, 6.45) is 3.73. The Morgan fingerprint density at radius 3 is 2.37 bits per heavy atom. The van der Waals surface area contributed by atoms with Crippen LogP contribution in [-0.2, 0) is 0 Å². The molecular weight excluding hydrogens is 238 g/mol. The Labute approximate surface area is 117 Å². The second kappa shape index (κ2) is 8.05. The van der Waals surface area contributed by atoms with Crippen LogP contribution >= 0.6 is 0 Å². The van der Waals surface area contributed by atoms with Crippen LogP contribution in [0.1, 0.15) is 51.6 Å². The zero-order valence-corrected chi connectivity index (χ0v) is 12.8. The standard InChI is InChI=1S/C16H27NO2/c1-6-7-8-12(2)17-13(3)14-9-10-15(18-4)16(11-14)19-5/h9-13,17H,6-8H2,1-5H3. The molecule has 2 atom stereocenters. The van der Waals surface area contributed by atoms with Crippen LogP contribution in [0.2, 0.25) is 0 Å². The molecule has 108 valence electrons. The lowest BCUT2D eigenvalue weighted by Gasteiger charge is -2.21. The van der Waals surface area contributed by atoms with E-state index in [-0.39, 0.29) is 0 Å². The normalized spacial score (nSPS) is 13.9. The Kier molecular flexibility index (Phi) is 6.71. The molecule has 0 saturated heterocycles. The van der Waals surface area contributed by atoms with Crippen molar-refractivity contribution in [1.29, 1.82) is 0 Å². The zero-order chi connectivity index (χ0) is 14.3. The molecule has 19 heavy (non-hydrogen) atoms. The number of nitrogens with one attached hydrogen (secondary N) is 1. The predicted molar refractivity (Wildman–Crippen MR) is 80.1 cm³/mol. The van der Waals surface area contributed by atoms with Crippen LogP contribution < -0.4 is 14.8 Å². The number of ether oxygens (including phenoxy) is 2. The van der Waals surface area contributed by atoms with Crippen molar-refractivity contribution in [1.82, 2.24) is 5.32 Å². The van der Waals surface area contributed by atoms with Gasteiger partial charge in [0.15, 0.2) is 11.5 Å². The van der Waals surface area contributed by atoms with Gasteiger partial charge in [-0.2, -0.15) is 0 Å². The summed E-state index contributed by atoms with van der Waals surface area (Å²) in [4.78, 5) is 0. The fraction of sp³-hybridized carbons (Fsp3) is 0.625. The third kappa shape index (κ3) is 4.75. The lowest BCUT2D eigenvalue weighted by molar-refractivity contribution is 0.353. The van der Waals surface area contributed by atoms with E-state index in [0.29, 0.717) is 12.1 Å². The molecule has 0 aliphatic heterocycles. The molecule has 2 unspecified atom stereocenters. The predicted octanol–water partition coefficient (Wildman–Crippen LogP) is 3.93. The van der Waals surface area contributed by atoms with Gasteiger partial charge in [-0.3, -0.25) is 0 Å². The molecule has 0 aliphatic rings. The summed E-state index contributed by atoms with van der Waals surface area (Å²) >= 11 is 0. The van der Waals surface area contributed by atoms with Gasteiger partial charge >= 0.3 is 0 Å². The Morgan fingerprint density at radius 2 is 1.79 bits per heavy atom. The summed E-state index contributed by atoms with van der Waals surface area (Å²) < 4.78 is 10.6. The maximum Gasteiger partial charge on any atom is 0.161 e. The minimum absolute atomic E-state index is 0.312. The van der Waals surface area contributed by atoms with Gasteiger partial charge in [-0.1, -0.05) is 25.8 Å². The molecule has 1 N–H and O–H groups in total. The summed E-state index contributed by atoms with van der Waals surface area (Å²) in [6, 6.07) is 6.94. The first kappa shape index (κ1) is 15.8. The van der Waals surface area contributed by atoms with Crippen LogP contribution in [0, 0.1) is 0 Å². The van der Waals surface area contributed by atoms with Gasteiger partial charge in [-0.25, -0.2) is 0 Å². The van der Waals surface area contributed by atoms with Gasteiger partial charge in [-0.15, -0.1) is 0 Å². The van der Waals surface area contributed by atoms with Gasteiger partial charge in [0.25, 0.3) is 0 Å². The molecule has 0 fully saturated rings. The average Bonchev–Trinajstić information content (AvgIpc) is 2.44. The second-order valence-electron chi connectivity index (χ2n) is 5.05. The summed E-state index contributed by atoms with van der Waals surface area (Å²) in [5.74, 6) is 1.56. The van der Waals surface area contributed by atoms with Crippen molar-refractivity contribution >= 4 is 0 Å². The Balaban J connectivity index is 2.68. The molecule has 0 saturated carbocycles. The molecule has 1 aromatic carbocycles. The van der Waals surface area contributed by atoms with Gasteiger partial charge in [0.1, 0.15) is 0 Å². The molecule has 0 spiro atoms. The number of unbranched alkanes of at least 4 members (excludes halogenated alkanes) is 1. The average molecular weight is 265 g/mol. The third-order valence-corrected chi connectivity index (χ3v) is 3.43. The molecule has 0 amide bonds. The number of methoxy groups -OCH3 is 2. The zero-order valence-electron chi connectivity index (χ0n) is 12.8. The third-order valence-electron chi connectivity index (χ3n) is 3.43. The molecule has 0 heterocycles. The minimum Gasteiger partial charge on any atom is -0.493 e. The number of rotatable bonds is 8. The second-order valence-corrected chi connectivity index (χ2v) is 5.05. The fourth-order valence-electron chi connectivity index (χ4n) is 2.24. The van der Waals surface area contributed by atoms with Crippen molar-refractivity contribution in [3.8, 4) is 11.5 Å². The highest BCUT2D eigenvalue weighted by Crippen LogP contribution is 2.30. The van der Waals surface area contributed by atoms with E-state index in [1.807, 2.05) is 12.1 Å². The van der Waals surface area contributed by atoms with Crippen LogP contribution in [-0.4, -0.2) is 20.3 Å². The van der Waals surface area contributed by atoms with Crippen molar-refractivity contribution in [2.24, 2.45) is 0 Å². The highest BCUT2D eigenvalue weighted by atomic mass is 16.5. The molecule has 3 nitrogen and oxygen atoms in total. The van der Waals surface area contributed by atoms with Gasteiger partial charge in [-0.05, 0) is 38.0 Å². The van der Waals surface area contributed by atoms with E-state index < -0.39 is 0 Å². The van der Waals surface area contributed by atoms with Crippen molar-refractivity contribution in [3.63, 3.8) is 0 Å². The topological polar surface area (TPSA) is 30.5 Å². The Bertz CT molecular complexity index is 379. The summed E-state index contributed by atoms with van der Waals surface area (Å²) in [7, 11) is 3.33. The van der Waals surface area contributed by atoms with E-state index >= 15 is 0 Å². The van der Waals surface area contributed by atoms with Gasteiger partial charge < -0.3 is 14.8 Å². The molecule has 0 aromatic heterocycles. The summed E-state index contributed by atoms with van der Waals surface area (Å²) in [5, 5.41) is 3.62.